The first kappa shape index (κ1) is 20.0. The summed E-state index contributed by atoms with van der Waals surface area (Å²) in [6.07, 6.45) is 3.81. The first-order chi connectivity index (χ1) is 12.1. The quantitative estimate of drug-likeness (QED) is 0.342. The van der Waals surface area contributed by atoms with Crippen molar-refractivity contribution in [2.75, 3.05) is 5.32 Å². The van der Waals surface area contributed by atoms with Crippen molar-refractivity contribution in [1.82, 2.24) is 9.55 Å². The molecule has 0 saturated heterocycles. The molecule has 1 heterocycles. The molecule has 2 aromatic carbocycles. The average Bonchev–Trinajstić information content (AvgIpc) is 3.00. The number of aliphatic imine (C=N–C) groups is 1. The van der Waals surface area contributed by atoms with Crippen molar-refractivity contribution in [2.24, 2.45) is 10.7 Å². The Kier molecular flexibility index (Phi) is 7.20. The molecular formula is C20H24IN5. The van der Waals surface area contributed by atoms with Gasteiger partial charge in [0.15, 0.2) is 5.96 Å². The van der Waals surface area contributed by atoms with Gasteiger partial charge in [-0.3, -0.25) is 0 Å². The maximum Gasteiger partial charge on any atom is 0.193 e. The molecule has 0 bridgehead atoms. The Bertz CT molecular complexity index is 868. The van der Waals surface area contributed by atoms with Crippen LogP contribution in [-0.4, -0.2) is 15.5 Å². The van der Waals surface area contributed by atoms with E-state index in [0.717, 1.165) is 23.6 Å². The molecule has 0 radical (unpaired) electrons. The van der Waals surface area contributed by atoms with Gasteiger partial charge in [0, 0.05) is 24.6 Å². The summed E-state index contributed by atoms with van der Waals surface area (Å²) < 4.78 is 2.12. The van der Waals surface area contributed by atoms with Crippen LogP contribution in [0, 0.1) is 13.8 Å². The average molecular weight is 461 g/mol. The molecule has 3 rings (SSSR count). The van der Waals surface area contributed by atoms with Crippen LogP contribution >= 0.6 is 24.0 Å². The number of nitrogens with one attached hydrogen (secondary N) is 1. The Balaban J connectivity index is 0.00000243. The Morgan fingerprint density at radius 3 is 2.54 bits per heavy atom. The van der Waals surface area contributed by atoms with E-state index in [1.54, 1.807) is 0 Å². The largest absolute Gasteiger partial charge is 0.370 e. The highest BCUT2D eigenvalue weighted by atomic mass is 127. The lowest BCUT2D eigenvalue weighted by atomic mass is 10.1. The van der Waals surface area contributed by atoms with Gasteiger partial charge in [-0.1, -0.05) is 42.0 Å². The van der Waals surface area contributed by atoms with Gasteiger partial charge >= 0.3 is 0 Å². The van der Waals surface area contributed by atoms with E-state index in [0.29, 0.717) is 12.5 Å². The first-order valence-corrected chi connectivity index (χ1v) is 8.29. The number of aromatic nitrogens is 2. The number of anilines is 1. The van der Waals surface area contributed by atoms with Crippen LogP contribution in [0.15, 0.2) is 65.9 Å². The van der Waals surface area contributed by atoms with E-state index < -0.39 is 0 Å². The fourth-order valence-corrected chi connectivity index (χ4v) is 2.59. The number of nitrogens with two attached hydrogens (primary N) is 1. The Hall–Kier alpha value is -2.35. The standard InChI is InChI=1S/C20H23N5.HI/c1-15-6-8-19(9-7-15)24-20(21)23-13-17-4-3-5-18(12-17)14-25-11-10-22-16(25)2;/h3-12H,13-14H2,1-2H3,(H3,21,23,24);1H. The molecule has 26 heavy (non-hydrogen) atoms. The maximum absolute atomic E-state index is 5.99. The summed E-state index contributed by atoms with van der Waals surface area (Å²) in [5.74, 6) is 1.43. The third kappa shape index (κ3) is 5.59. The van der Waals surface area contributed by atoms with Crippen molar-refractivity contribution in [3.63, 3.8) is 0 Å². The Labute approximate surface area is 171 Å². The van der Waals surface area contributed by atoms with Gasteiger partial charge in [0.2, 0.25) is 0 Å². The third-order valence-corrected chi connectivity index (χ3v) is 4.02. The number of nitrogens with zero attached hydrogens (tertiary/aromatic N) is 3. The Morgan fingerprint density at radius 1 is 1.12 bits per heavy atom. The molecule has 5 nitrogen and oxygen atoms in total. The summed E-state index contributed by atoms with van der Waals surface area (Å²) in [6.45, 7) is 5.41. The number of guanidine groups is 1. The lowest BCUT2D eigenvalue weighted by Gasteiger charge is -2.08. The third-order valence-electron chi connectivity index (χ3n) is 4.02. The summed E-state index contributed by atoms with van der Waals surface area (Å²) in [6, 6.07) is 16.4. The molecular weight excluding hydrogens is 437 g/mol. The van der Waals surface area contributed by atoms with Gasteiger partial charge in [-0.25, -0.2) is 9.98 Å². The zero-order valence-electron chi connectivity index (χ0n) is 15.0. The highest BCUT2D eigenvalue weighted by Crippen LogP contribution is 2.11. The molecule has 0 saturated carbocycles. The maximum atomic E-state index is 5.99. The molecule has 0 spiro atoms. The van der Waals surface area contributed by atoms with Gasteiger partial charge in [-0.05, 0) is 37.1 Å². The van der Waals surface area contributed by atoms with Gasteiger partial charge in [-0.15, -0.1) is 24.0 Å². The van der Waals surface area contributed by atoms with E-state index in [2.05, 4.69) is 51.0 Å². The molecule has 3 aromatic rings. The van der Waals surface area contributed by atoms with E-state index in [-0.39, 0.29) is 24.0 Å². The molecule has 0 aliphatic heterocycles. The van der Waals surface area contributed by atoms with Crippen molar-refractivity contribution in [1.29, 1.82) is 0 Å². The van der Waals surface area contributed by atoms with Crippen molar-refractivity contribution in [2.45, 2.75) is 26.9 Å². The highest BCUT2D eigenvalue weighted by molar-refractivity contribution is 14.0. The van der Waals surface area contributed by atoms with Gasteiger partial charge in [0.25, 0.3) is 0 Å². The highest BCUT2D eigenvalue weighted by Gasteiger charge is 2.01. The summed E-state index contributed by atoms with van der Waals surface area (Å²) in [7, 11) is 0. The van der Waals surface area contributed by atoms with Crippen molar-refractivity contribution >= 4 is 35.6 Å². The van der Waals surface area contributed by atoms with E-state index >= 15 is 0 Å². The summed E-state index contributed by atoms with van der Waals surface area (Å²) in [5, 5.41) is 3.11. The fourth-order valence-electron chi connectivity index (χ4n) is 2.59. The predicted molar refractivity (Wildman–Crippen MR) is 118 cm³/mol. The number of imidazole rings is 1. The Morgan fingerprint density at radius 2 is 1.85 bits per heavy atom. The topological polar surface area (TPSA) is 68.2 Å². The number of benzene rings is 2. The van der Waals surface area contributed by atoms with Crippen molar-refractivity contribution < 1.29 is 0 Å². The molecule has 6 heteroatoms. The van der Waals surface area contributed by atoms with Crippen LogP contribution in [0.1, 0.15) is 22.5 Å². The number of halogens is 1. The van der Waals surface area contributed by atoms with Gasteiger partial charge in [-0.2, -0.15) is 0 Å². The van der Waals surface area contributed by atoms with Gasteiger partial charge in [0.05, 0.1) is 6.54 Å². The SMILES string of the molecule is Cc1ccc(NC(N)=NCc2cccc(Cn3ccnc3C)c2)cc1.I. The van der Waals surface area contributed by atoms with Gasteiger partial charge < -0.3 is 15.6 Å². The molecule has 136 valence electrons. The zero-order valence-corrected chi connectivity index (χ0v) is 17.3. The van der Waals surface area contributed by atoms with Gasteiger partial charge in [0.1, 0.15) is 5.82 Å². The first-order valence-electron chi connectivity index (χ1n) is 8.29. The molecule has 0 atom stereocenters. The minimum absolute atomic E-state index is 0. The number of aryl methyl sites for hydroxylation is 2. The lowest BCUT2D eigenvalue weighted by Crippen LogP contribution is -2.22. The van der Waals surface area contributed by atoms with Crippen LogP contribution in [0.2, 0.25) is 0 Å². The smallest absolute Gasteiger partial charge is 0.193 e. The van der Waals surface area contributed by atoms with E-state index in [4.69, 9.17) is 5.73 Å². The summed E-state index contributed by atoms with van der Waals surface area (Å²) in [5.41, 5.74) is 10.5. The normalized spacial score (nSPS) is 11.1. The second-order valence-electron chi connectivity index (χ2n) is 6.11. The monoisotopic (exact) mass is 461 g/mol. The number of rotatable bonds is 5. The van der Waals surface area contributed by atoms with Crippen LogP contribution in [0.4, 0.5) is 5.69 Å². The lowest BCUT2D eigenvalue weighted by molar-refractivity contribution is 0.760. The second-order valence-corrected chi connectivity index (χ2v) is 6.11. The van der Waals surface area contributed by atoms with Crippen LogP contribution in [0.3, 0.4) is 0 Å². The number of hydrogen-bond acceptors (Lipinski definition) is 2. The van der Waals surface area contributed by atoms with E-state index in [1.165, 1.54) is 11.1 Å². The van der Waals surface area contributed by atoms with Crippen LogP contribution in [0.5, 0.6) is 0 Å². The minimum Gasteiger partial charge on any atom is -0.370 e. The summed E-state index contributed by atoms with van der Waals surface area (Å²) in [4.78, 5) is 8.69. The molecule has 0 fully saturated rings. The molecule has 0 aliphatic rings. The minimum atomic E-state index is 0. The zero-order chi connectivity index (χ0) is 17.6. The molecule has 0 amide bonds. The fraction of sp³-hybridized carbons (Fsp3) is 0.200. The van der Waals surface area contributed by atoms with Crippen LogP contribution in [0.25, 0.3) is 0 Å². The van der Waals surface area contributed by atoms with Crippen LogP contribution in [-0.2, 0) is 13.1 Å². The number of hydrogen-bond donors (Lipinski definition) is 2. The molecule has 0 aliphatic carbocycles. The predicted octanol–water partition coefficient (Wildman–Crippen LogP) is 4.09. The molecule has 0 unspecified atom stereocenters. The summed E-state index contributed by atoms with van der Waals surface area (Å²) >= 11 is 0. The van der Waals surface area contributed by atoms with Crippen molar-refractivity contribution in [3.8, 4) is 0 Å². The van der Waals surface area contributed by atoms with Crippen LogP contribution < -0.4 is 11.1 Å². The van der Waals surface area contributed by atoms with E-state index in [9.17, 15) is 0 Å². The van der Waals surface area contributed by atoms with Crippen molar-refractivity contribution in [3.05, 3.63) is 83.4 Å². The second kappa shape index (κ2) is 9.38. The molecule has 1 aromatic heterocycles. The molecule has 3 N–H and O–H groups in total. The van der Waals surface area contributed by atoms with E-state index in [1.807, 2.05) is 43.6 Å².